The lowest BCUT2D eigenvalue weighted by Crippen LogP contribution is -1.91. The van der Waals surface area contributed by atoms with E-state index >= 15 is 0 Å². The van der Waals surface area contributed by atoms with Gasteiger partial charge in [0.1, 0.15) is 0 Å². The number of hydrogen-bond donors (Lipinski definition) is 0. The van der Waals surface area contributed by atoms with Gasteiger partial charge >= 0.3 is 0 Å². The predicted molar refractivity (Wildman–Crippen MR) is 51.6 cm³/mol. The first-order valence-electron chi connectivity index (χ1n) is 4.66. The van der Waals surface area contributed by atoms with Crippen LogP contribution in [0.4, 0.5) is 0 Å². The zero-order valence-corrected chi connectivity index (χ0v) is 8.06. The van der Waals surface area contributed by atoms with Crippen LogP contribution in [-0.4, -0.2) is 0 Å². The van der Waals surface area contributed by atoms with E-state index < -0.39 is 0 Å². The van der Waals surface area contributed by atoms with E-state index in [0.717, 1.165) is 5.92 Å². The zero-order chi connectivity index (χ0) is 8.53. The monoisotopic (exact) mass is 152 g/mol. The number of rotatable bonds is 5. The van der Waals surface area contributed by atoms with Crippen molar-refractivity contribution in [2.45, 2.75) is 46.5 Å². The summed E-state index contributed by atoms with van der Waals surface area (Å²) in [6.45, 7) is 6.58. The molecular formula is C11H20. The van der Waals surface area contributed by atoms with Gasteiger partial charge in [-0.3, -0.25) is 0 Å². The zero-order valence-electron chi connectivity index (χ0n) is 8.06. The molecular weight excluding hydrogens is 132 g/mol. The van der Waals surface area contributed by atoms with Crippen LogP contribution >= 0.6 is 0 Å². The first kappa shape index (κ1) is 10.5. The van der Waals surface area contributed by atoms with Gasteiger partial charge in [0, 0.05) is 0 Å². The summed E-state index contributed by atoms with van der Waals surface area (Å²) in [6, 6.07) is 0. The lowest BCUT2D eigenvalue weighted by atomic mass is 10.0. The Morgan fingerprint density at radius 2 is 2.09 bits per heavy atom. The van der Waals surface area contributed by atoms with Crippen molar-refractivity contribution in [1.29, 1.82) is 0 Å². The minimum absolute atomic E-state index is 0.884. The van der Waals surface area contributed by atoms with E-state index in [-0.39, 0.29) is 0 Å². The fourth-order valence-corrected chi connectivity index (χ4v) is 1.21. The molecule has 0 aromatic heterocycles. The van der Waals surface area contributed by atoms with Crippen LogP contribution < -0.4 is 0 Å². The van der Waals surface area contributed by atoms with Gasteiger partial charge < -0.3 is 0 Å². The van der Waals surface area contributed by atoms with Gasteiger partial charge in [0.2, 0.25) is 0 Å². The van der Waals surface area contributed by atoms with Gasteiger partial charge in [0.05, 0.1) is 0 Å². The van der Waals surface area contributed by atoms with Crippen molar-refractivity contribution in [2.75, 3.05) is 0 Å². The second-order valence-electron chi connectivity index (χ2n) is 3.13. The molecule has 1 atom stereocenters. The lowest BCUT2D eigenvalue weighted by molar-refractivity contribution is 0.491. The normalized spacial score (nSPS) is 11.9. The second kappa shape index (κ2) is 7.63. The predicted octanol–water partition coefficient (Wildman–Crippen LogP) is 3.93. The van der Waals surface area contributed by atoms with Crippen LogP contribution in [-0.2, 0) is 0 Å². The highest BCUT2D eigenvalue weighted by Crippen LogP contribution is 2.11. The molecule has 64 valence electrons. The Balaban J connectivity index is 3.30. The smallest absolute Gasteiger partial charge is 0.0272 e. The highest BCUT2D eigenvalue weighted by molar-refractivity contribution is 4.81. The molecule has 0 aliphatic rings. The van der Waals surface area contributed by atoms with Gasteiger partial charge in [-0.15, -0.1) is 5.73 Å². The number of hydrogen-bond acceptors (Lipinski definition) is 0. The molecule has 0 aromatic rings. The average molecular weight is 152 g/mol. The third-order valence-electron chi connectivity index (χ3n) is 1.87. The molecule has 0 saturated heterocycles. The third kappa shape index (κ3) is 7.42. The molecule has 0 radical (unpaired) electrons. The largest absolute Gasteiger partial charge is 0.130 e. The Hall–Kier alpha value is -0.480. The van der Waals surface area contributed by atoms with Crippen molar-refractivity contribution in [3.05, 3.63) is 17.9 Å². The Bertz CT molecular complexity index is 127. The first-order valence-corrected chi connectivity index (χ1v) is 4.66. The molecule has 0 spiro atoms. The fraction of sp³-hybridized carbons (Fsp3) is 0.727. The van der Waals surface area contributed by atoms with Crippen LogP contribution in [0.5, 0.6) is 0 Å². The van der Waals surface area contributed by atoms with Gasteiger partial charge in [-0.2, -0.15) is 0 Å². The maximum Gasteiger partial charge on any atom is -0.0272 e. The molecule has 0 N–H and O–H groups in total. The molecule has 0 bridgehead atoms. The molecule has 0 rings (SSSR count). The van der Waals surface area contributed by atoms with Gasteiger partial charge in [-0.1, -0.05) is 26.7 Å². The minimum Gasteiger partial charge on any atom is -0.130 e. The summed E-state index contributed by atoms with van der Waals surface area (Å²) in [5, 5.41) is 0. The molecule has 1 unspecified atom stereocenters. The highest BCUT2D eigenvalue weighted by Gasteiger charge is 1.96. The van der Waals surface area contributed by atoms with Gasteiger partial charge in [-0.25, -0.2) is 0 Å². The second-order valence-corrected chi connectivity index (χ2v) is 3.13. The van der Waals surface area contributed by atoms with Crippen LogP contribution in [0.3, 0.4) is 0 Å². The van der Waals surface area contributed by atoms with Crippen molar-refractivity contribution < 1.29 is 0 Å². The topological polar surface area (TPSA) is 0 Å². The third-order valence-corrected chi connectivity index (χ3v) is 1.87. The summed E-state index contributed by atoms with van der Waals surface area (Å²) >= 11 is 0. The van der Waals surface area contributed by atoms with Gasteiger partial charge in [0.25, 0.3) is 0 Å². The van der Waals surface area contributed by atoms with Crippen LogP contribution in [0.15, 0.2) is 17.9 Å². The van der Waals surface area contributed by atoms with E-state index in [0.29, 0.717) is 0 Å². The van der Waals surface area contributed by atoms with Crippen molar-refractivity contribution in [1.82, 2.24) is 0 Å². The Morgan fingerprint density at radius 1 is 1.36 bits per heavy atom. The summed E-state index contributed by atoms with van der Waals surface area (Å²) in [4.78, 5) is 0. The summed E-state index contributed by atoms with van der Waals surface area (Å²) in [7, 11) is 0. The highest BCUT2D eigenvalue weighted by atomic mass is 14.0. The Kier molecular flexibility index (Phi) is 7.29. The summed E-state index contributed by atoms with van der Waals surface area (Å²) < 4.78 is 0. The van der Waals surface area contributed by atoms with E-state index in [2.05, 4.69) is 25.7 Å². The quantitative estimate of drug-likeness (QED) is 0.523. The van der Waals surface area contributed by atoms with Gasteiger partial charge in [-0.05, 0) is 37.8 Å². The molecule has 0 nitrogen and oxygen atoms in total. The van der Waals surface area contributed by atoms with Crippen LogP contribution in [0, 0.1) is 5.92 Å². The summed E-state index contributed by atoms with van der Waals surface area (Å²) in [6.07, 6.45) is 9.27. The fourth-order valence-electron chi connectivity index (χ4n) is 1.21. The molecule has 0 aromatic carbocycles. The van der Waals surface area contributed by atoms with Crippen LogP contribution in [0.2, 0.25) is 0 Å². The van der Waals surface area contributed by atoms with Crippen molar-refractivity contribution >= 4 is 0 Å². The van der Waals surface area contributed by atoms with Crippen molar-refractivity contribution in [2.24, 2.45) is 5.92 Å². The standard InChI is InChI=1S/C11H20/c1-4-6-7-8-10-11(3)9-5-2/h4,7,11H,5,8-10H2,1-3H3. The van der Waals surface area contributed by atoms with E-state index in [1.807, 2.05) is 13.0 Å². The van der Waals surface area contributed by atoms with Crippen molar-refractivity contribution in [3.8, 4) is 0 Å². The first-order chi connectivity index (χ1) is 5.31. The molecule has 11 heavy (non-hydrogen) atoms. The maximum absolute atomic E-state index is 3.10. The van der Waals surface area contributed by atoms with E-state index in [1.54, 1.807) is 0 Å². The van der Waals surface area contributed by atoms with Gasteiger partial charge in [0.15, 0.2) is 0 Å². The van der Waals surface area contributed by atoms with Crippen LogP contribution in [0.1, 0.15) is 46.5 Å². The number of allylic oxidation sites excluding steroid dienone is 1. The average Bonchev–Trinajstić information content (AvgIpc) is 1.99. The minimum atomic E-state index is 0.884. The lowest BCUT2D eigenvalue weighted by Gasteiger charge is -2.05. The molecule has 0 saturated carbocycles. The Morgan fingerprint density at radius 3 is 2.64 bits per heavy atom. The summed E-state index contributed by atoms with van der Waals surface area (Å²) in [5.74, 6) is 0.884. The molecule has 0 amide bonds. The van der Waals surface area contributed by atoms with Crippen molar-refractivity contribution in [3.63, 3.8) is 0 Å². The van der Waals surface area contributed by atoms with Crippen LogP contribution in [0.25, 0.3) is 0 Å². The SMILES string of the molecule is CC=C=CCCC(C)CCC. The maximum atomic E-state index is 3.10. The van der Waals surface area contributed by atoms with E-state index in [1.165, 1.54) is 25.7 Å². The molecule has 0 fully saturated rings. The van der Waals surface area contributed by atoms with E-state index in [9.17, 15) is 0 Å². The van der Waals surface area contributed by atoms with E-state index in [4.69, 9.17) is 0 Å². The molecule has 0 heteroatoms. The molecule has 0 aliphatic heterocycles. The molecule has 0 aliphatic carbocycles. The Labute approximate surface area is 71.0 Å². The molecule has 0 heterocycles. The summed E-state index contributed by atoms with van der Waals surface area (Å²) in [5.41, 5.74) is 3.10.